The van der Waals surface area contributed by atoms with Gasteiger partial charge in [0.2, 0.25) is 0 Å². The molecule has 0 aromatic rings. The van der Waals surface area contributed by atoms with Crippen LogP contribution in [0.3, 0.4) is 0 Å². The molecule has 0 fully saturated rings. The number of carboxylic acids is 1. The molecule has 0 aliphatic carbocycles. The quantitative estimate of drug-likeness (QED) is 0.0956. The highest BCUT2D eigenvalue weighted by Gasteiger charge is 2.20. The highest BCUT2D eigenvalue weighted by atomic mass is 16.4. The van der Waals surface area contributed by atoms with Crippen molar-refractivity contribution < 1.29 is 14.4 Å². The van der Waals surface area contributed by atoms with Gasteiger partial charge in [-0.2, -0.15) is 0 Å². The lowest BCUT2D eigenvalue weighted by Gasteiger charge is -2.35. The zero-order chi connectivity index (χ0) is 27.5. The van der Waals surface area contributed by atoms with Crippen molar-refractivity contribution in [3.8, 4) is 0 Å². The minimum Gasteiger partial charge on any atom is -0.550 e. The van der Waals surface area contributed by atoms with E-state index in [4.69, 9.17) is 0 Å². The first-order valence-corrected chi connectivity index (χ1v) is 16.2. The van der Waals surface area contributed by atoms with Gasteiger partial charge in [0.05, 0.1) is 26.7 Å². The maximum Gasteiger partial charge on any atom is 0.0784 e. The Morgan fingerprint density at radius 1 is 0.500 bits per heavy atom. The summed E-state index contributed by atoms with van der Waals surface area (Å²) in [6.45, 7) is 16.0. The molecule has 0 saturated carbocycles. The van der Waals surface area contributed by atoms with Gasteiger partial charge in [0.15, 0.2) is 0 Å². The van der Waals surface area contributed by atoms with E-state index in [0.717, 1.165) is 0 Å². The molecular formula is C33H69NO2. The number of carbonyl (C=O) groups is 1. The standard InChI is InChI=1S/C28H60N.C5H10O2/c1-5-8-11-14-17-20-23-26-29(4,27-24-21-18-15-12-9-6-2)28-25-22-19-16-13-10-7-3;1-5(2,3)4(6)7/h5-28H2,1-4H3;1-3H3,(H,6,7)/q+1;/p-1. The third-order valence-corrected chi connectivity index (χ3v) is 7.52. The van der Waals surface area contributed by atoms with Crippen LogP contribution >= 0.6 is 0 Å². The van der Waals surface area contributed by atoms with E-state index in [1.165, 1.54) is 159 Å². The zero-order valence-electron chi connectivity index (χ0n) is 26.2. The summed E-state index contributed by atoms with van der Waals surface area (Å²) >= 11 is 0. The number of unbranched alkanes of at least 4 members (excludes halogenated alkanes) is 18. The van der Waals surface area contributed by atoms with Crippen molar-refractivity contribution in [2.75, 3.05) is 26.7 Å². The molecule has 0 spiro atoms. The Hall–Kier alpha value is -0.570. The first-order valence-electron chi connectivity index (χ1n) is 16.2. The van der Waals surface area contributed by atoms with Crippen LogP contribution in [-0.4, -0.2) is 37.1 Å². The Labute approximate surface area is 228 Å². The van der Waals surface area contributed by atoms with E-state index in [0.29, 0.717) is 0 Å². The lowest BCUT2D eigenvalue weighted by atomic mass is 9.98. The molecule has 0 N–H and O–H groups in total. The Morgan fingerprint density at radius 3 is 0.889 bits per heavy atom. The van der Waals surface area contributed by atoms with Gasteiger partial charge in [0.25, 0.3) is 0 Å². The number of quaternary nitrogens is 1. The first-order chi connectivity index (χ1) is 17.1. The molecule has 0 aliphatic rings. The second-order valence-corrected chi connectivity index (χ2v) is 12.7. The van der Waals surface area contributed by atoms with E-state index < -0.39 is 11.4 Å². The van der Waals surface area contributed by atoms with E-state index in [1.807, 2.05) is 0 Å². The molecule has 36 heavy (non-hydrogen) atoms. The van der Waals surface area contributed by atoms with Crippen LogP contribution in [0.2, 0.25) is 0 Å². The van der Waals surface area contributed by atoms with E-state index in [9.17, 15) is 9.90 Å². The summed E-state index contributed by atoms with van der Waals surface area (Å²) in [4.78, 5) is 9.91. The van der Waals surface area contributed by atoms with Gasteiger partial charge >= 0.3 is 0 Å². The fraction of sp³-hybridized carbons (Fsp3) is 0.970. The van der Waals surface area contributed by atoms with Crippen LogP contribution in [0.4, 0.5) is 0 Å². The molecule has 0 aliphatic heterocycles. The summed E-state index contributed by atoms with van der Waals surface area (Å²) in [6, 6.07) is 0. The number of hydrogen-bond acceptors (Lipinski definition) is 2. The fourth-order valence-corrected chi connectivity index (χ4v) is 4.69. The van der Waals surface area contributed by atoms with E-state index in [1.54, 1.807) is 20.8 Å². The van der Waals surface area contributed by atoms with Crippen molar-refractivity contribution in [3.63, 3.8) is 0 Å². The fourth-order valence-electron chi connectivity index (χ4n) is 4.69. The number of nitrogens with zero attached hydrogens (tertiary/aromatic N) is 1. The maximum absolute atomic E-state index is 9.91. The molecule has 0 aromatic carbocycles. The predicted molar refractivity (Wildman–Crippen MR) is 159 cm³/mol. The highest BCUT2D eigenvalue weighted by Crippen LogP contribution is 2.17. The topological polar surface area (TPSA) is 40.1 Å². The Balaban J connectivity index is 0. The Morgan fingerprint density at radius 2 is 0.694 bits per heavy atom. The molecule has 0 aromatic heterocycles. The Kier molecular flexibility index (Phi) is 27.2. The van der Waals surface area contributed by atoms with Crippen molar-refractivity contribution >= 4 is 5.97 Å². The molecule has 0 bridgehead atoms. The predicted octanol–water partition coefficient (Wildman–Crippen LogP) is 9.47. The van der Waals surface area contributed by atoms with Crippen molar-refractivity contribution in [2.24, 2.45) is 5.41 Å². The van der Waals surface area contributed by atoms with Crippen LogP contribution in [0.25, 0.3) is 0 Å². The monoisotopic (exact) mass is 512 g/mol. The van der Waals surface area contributed by atoms with E-state index in [2.05, 4.69) is 27.8 Å². The van der Waals surface area contributed by atoms with Crippen molar-refractivity contribution in [1.29, 1.82) is 0 Å². The number of carboxylic acid groups (broad SMARTS) is 1. The molecule has 218 valence electrons. The van der Waals surface area contributed by atoms with Gasteiger partial charge in [-0.3, -0.25) is 0 Å². The summed E-state index contributed by atoms with van der Waals surface area (Å²) in [5.41, 5.74) is -0.694. The first kappa shape index (κ1) is 37.6. The SMILES string of the molecule is CC(C)(C)C(=O)[O-].CCCCCCCCC[N+](C)(CCCCCCCCC)CCCCCCCCC. The normalized spacial score (nSPS) is 11.9. The average molecular weight is 512 g/mol. The third-order valence-electron chi connectivity index (χ3n) is 7.52. The van der Waals surface area contributed by atoms with Crippen molar-refractivity contribution in [3.05, 3.63) is 0 Å². The molecule has 0 rings (SSSR count). The van der Waals surface area contributed by atoms with Crippen LogP contribution < -0.4 is 5.11 Å². The van der Waals surface area contributed by atoms with Gasteiger partial charge < -0.3 is 14.4 Å². The van der Waals surface area contributed by atoms with E-state index in [-0.39, 0.29) is 0 Å². The number of carbonyl (C=O) groups excluding carboxylic acids is 1. The van der Waals surface area contributed by atoms with E-state index >= 15 is 0 Å². The number of rotatable bonds is 24. The molecule has 3 heteroatoms. The molecule has 0 atom stereocenters. The second-order valence-electron chi connectivity index (χ2n) is 12.7. The summed E-state index contributed by atoms with van der Waals surface area (Å²) in [5, 5.41) is 9.91. The average Bonchev–Trinajstić information content (AvgIpc) is 2.82. The van der Waals surface area contributed by atoms with Gasteiger partial charge in [0.1, 0.15) is 0 Å². The molecule has 0 radical (unpaired) electrons. The maximum atomic E-state index is 9.91. The Bertz CT molecular complexity index is 410. The lowest BCUT2D eigenvalue weighted by molar-refractivity contribution is -0.910. The smallest absolute Gasteiger partial charge is 0.0784 e. The van der Waals surface area contributed by atoms with Crippen LogP contribution in [0, 0.1) is 5.41 Å². The molecule has 0 saturated heterocycles. The lowest BCUT2D eigenvalue weighted by Crippen LogP contribution is -2.46. The minimum absolute atomic E-state index is 0.694. The van der Waals surface area contributed by atoms with Gasteiger partial charge in [0, 0.05) is 11.4 Å². The summed E-state index contributed by atoms with van der Waals surface area (Å²) < 4.78 is 1.36. The molecule has 0 amide bonds. The highest BCUT2D eigenvalue weighted by molar-refractivity contribution is 5.70. The second kappa shape index (κ2) is 26.1. The number of hydrogen-bond donors (Lipinski definition) is 0. The molecular weight excluding hydrogens is 442 g/mol. The summed E-state index contributed by atoms with van der Waals surface area (Å²) in [7, 11) is 2.57. The van der Waals surface area contributed by atoms with Gasteiger partial charge in [-0.25, -0.2) is 0 Å². The largest absolute Gasteiger partial charge is 0.550 e. The van der Waals surface area contributed by atoms with Crippen molar-refractivity contribution in [2.45, 2.75) is 176 Å². The van der Waals surface area contributed by atoms with Gasteiger partial charge in [-0.15, -0.1) is 0 Å². The van der Waals surface area contributed by atoms with Gasteiger partial charge in [-0.1, -0.05) is 138 Å². The van der Waals surface area contributed by atoms with Crippen molar-refractivity contribution in [1.82, 2.24) is 0 Å². The van der Waals surface area contributed by atoms with Crippen LogP contribution in [0.1, 0.15) is 176 Å². The third kappa shape index (κ3) is 28.0. The van der Waals surface area contributed by atoms with Crippen LogP contribution in [0.5, 0.6) is 0 Å². The molecule has 0 heterocycles. The zero-order valence-corrected chi connectivity index (χ0v) is 26.2. The summed E-state index contributed by atoms with van der Waals surface area (Å²) in [5.74, 6) is -1.01. The van der Waals surface area contributed by atoms with Crippen LogP contribution in [0.15, 0.2) is 0 Å². The minimum atomic E-state index is -1.01. The number of aliphatic carboxylic acids is 1. The molecule has 0 unspecified atom stereocenters. The summed E-state index contributed by atoms with van der Waals surface area (Å²) in [6.07, 6.45) is 30.3. The molecule has 3 nitrogen and oxygen atoms in total. The van der Waals surface area contributed by atoms with Crippen LogP contribution in [-0.2, 0) is 4.79 Å². The van der Waals surface area contributed by atoms with Gasteiger partial charge in [-0.05, 0) is 38.5 Å².